The summed E-state index contributed by atoms with van der Waals surface area (Å²) in [5, 5.41) is 14.0. The van der Waals surface area contributed by atoms with Gasteiger partial charge in [-0.05, 0) is 70.6 Å². The van der Waals surface area contributed by atoms with Crippen LogP contribution in [0.3, 0.4) is 0 Å². The van der Waals surface area contributed by atoms with Crippen molar-refractivity contribution < 1.29 is 32.9 Å². The van der Waals surface area contributed by atoms with E-state index < -0.39 is 20.0 Å². The number of unbranched alkanes of at least 4 members (excludes halogenated alkanes) is 48. The molecule has 3 unspecified atom stereocenters. The number of carbonyl (C=O) groups is 1. The van der Waals surface area contributed by atoms with Crippen molar-refractivity contribution in [2.75, 3.05) is 40.9 Å². The molecule has 9 heteroatoms. The second kappa shape index (κ2) is 66.6. The summed E-state index contributed by atoms with van der Waals surface area (Å²) in [6.45, 7) is 4.83. The Morgan fingerprint density at radius 3 is 1.02 bits per heavy atom. The zero-order valence-electron chi connectivity index (χ0n) is 57.4. The Balaban J connectivity index is 4.01. The van der Waals surface area contributed by atoms with Gasteiger partial charge in [-0.15, -0.1) is 0 Å². The molecular weight excluding hydrogens is 1070 g/mol. The number of hydrogen-bond donors (Lipinski definition) is 3. The van der Waals surface area contributed by atoms with Crippen LogP contribution in [-0.4, -0.2) is 73.4 Å². The molecule has 0 saturated heterocycles. The summed E-state index contributed by atoms with van der Waals surface area (Å²) in [5.74, 6) is -0.180. The van der Waals surface area contributed by atoms with E-state index in [0.717, 1.165) is 51.4 Å². The maximum atomic E-state index is 13.1. The molecule has 0 aromatic heterocycles. The number of aliphatic hydroxyl groups excluding tert-OH is 1. The number of aliphatic hydroxyl groups is 1. The minimum atomic E-state index is -4.36. The lowest BCUT2D eigenvalue weighted by Crippen LogP contribution is -2.45. The van der Waals surface area contributed by atoms with Gasteiger partial charge in [-0.3, -0.25) is 13.8 Å². The van der Waals surface area contributed by atoms with E-state index in [9.17, 15) is 19.4 Å². The van der Waals surface area contributed by atoms with Crippen molar-refractivity contribution in [3.63, 3.8) is 0 Å². The summed E-state index contributed by atoms with van der Waals surface area (Å²) < 4.78 is 23.8. The van der Waals surface area contributed by atoms with E-state index in [0.29, 0.717) is 17.4 Å². The molecule has 0 aromatic carbocycles. The Hall–Kier alpha value is -1.80. The van der Waals surface area contributed by atoms with Crippen LogP contribution in [0.5, 0.6) is 0 Å². The Morgan fingerprint density at radius 2 is 0.682 bits per heavy atom. The zero-order valence-corrected chi connectivity index (χ0v) is 58.3. The number of phosphoric acid groups is 1. The SMILES string of the molecule is CCCCCCC/C=C\C/C=C\C/C=C\CCCCCCCCCCCCCCCCCCCCCCCCC(=O)NC(COP(=O)(O)OCC[N+](C)(C)C)C(O)/C=C/CC/C=C/CCCCCCCCCCCCCCCCCCCCCC. The maximum Gasteiger partial charge on any atom is 0.472 e. The molecule has 0 aliphatic heterocycles. The highest BCUT2D eigenvalue weighted by Gasteiger charge is 2.28. The number of rotatable bonds is 69. The smallest absolute Gasteiger partial charge is 0.387 e. The van der Waals surface area contributed by atoms with Gasteiger partial charge < -0.3 is 19.8 Å². The molecule has 1 amide bonds. The van der Waals surface area contributed by atoms with Crippen LogP contribution in [0.25, 0.3) is 0 Å². The average Bonchev–Trinajstić information content (AvgIpc) is 3.49. The second-order valence-corrected chi connectivity index (χ2v) is 28.1. The monoisotopic (exact) mass is 1210 g/mol. The number of likely N-dealkylation sites (N-methyl/N-ethyl adjacent to an activating group) is 1. The van der Waals surface area contributed by atoms with Gasteiger partial charge in [0.25, 0.3) is 0 Å². The second-order valence-electron chi connectivity index (χ2n) is 26.7. The van der Waals surface area contributed by atoms with Crippen LogP contribution in [0, 0.1) is 0 Å². The number of hydrogen-bond acceptors (Lipinski definition) is 5. The molecule has 0 fully saturated rings. The van der Waals surface area contributed by atoms with E-state index in [1.165, 1.54) is 295 Å². The quantitative estimate of drug-likeness (QED) is 0.0243. The van der Waals surface area contributed by atoms with Crippen LogP contribution in [-0.2, 0) is 18.4 Å². The standard InChI is InChI=1S/C76H145N2O6P/c1-6-8-10-12-14-16-18-20-22-24-26-28-30-32-34-35-36-37-38-39-40-41-42-43-44-46-48-50-52-54-56-58-60-62-64-66-68-70-76(80)77-74(73-84-85(81,82)83-72-71-78(3,4)5)75(79)69-67-65-63-61-59-57-55-53-51-49-47-45-33-31-29-27-25-23-21-19-17-15-13-11-9-7-2/h18,20,24,26,30,32,59,61,67,69,74-75,79H,6-17,19,21-23,25,27-29,31,33-58,60,62-66,68,70-73H2,1-5H3,(H-,77,80,81,82)/p+1/b20-18-,26-24-,32-30-,61-59+,69-67+. The van der Waals surface area contributed by atoms with Crippen LogP contribution < -0.4 is 5.32 Å². The van der Waals surface area contributed by atoms with Gasteiger partial charge in [0.15, 0.2) is 0 Å². The number of carbonyl (C=O) groups excluding carboxylic acids is 1. The van der Waals surface area contributed by atoms with E-state index in [1.54, 1.807) is 6.08 Å². The van der Waals surface area contributed by atoms with Gasteiger partial charge in [-0.2, -0.15) is 0 Å². The first-order valence-corrected chi connectivity index (χ1v) is 38.7. The Labute approximate surface area is 530 Å². The first kappa shape index (κ1) is 83.2. The van der Waals surface area contributed by atoms with Gasteiger partial charge in [-0.25, -0.2) is 4.57 Å². The van der Waals surface area contributed by atoms with Crippen LogP contribution >= 0.6 is 7.82 Å². The fourth-order valence-electron chi connectivity index (χ4n) is 11.2. The lowest BCUT2D eigenvalue weighted by Gasteiger charge is -2.25. The Morgan fingerprint density at radius 1 is 0.400 bits per heavy atom. The van der Waals surface area contributed by atoms with Crippen molar-refractivity contribution in [1.29, 1.82) is 0 Å². The fraction of sp³-hybridized carbons (Fsp3) is 0.855. The molecular formula is C76H146N2O6P+. The predicted molar refractivity (Wildman–Crippen MR) is 374 cm³/mol. The molecule has 0 bridgehead atoms. The number of allylic oxidation sites excluding steroid dienone is 9. The van der Waals surface area contributed by atoms with E-state index >= 15 is 0 Å². The fourth-order valence-corrected chi connectivity index (χ4v) is 11.9. The number of nitrogens with zero attached hydrogens (tertiary/aromatic N) is 1. The van der Waals surface area contributed by atoms with Gasteiger partial charge in [0.05, 0.1) is 39.9 Å². The maximum absolute atomic E-state index is 13.1. The van der Waals surface area contributed by atoms with Crippen LogP contribution in [0.1, 0.15) is 367 Å². The molecule has 0 rings (SSSR count). The number of phosphoric ester groups is 1. The molecule has 3 N–H and O–H groups in total. The van der Waals surface area contributed by atoms with Gasteiger partial charge in [0.2, 0.25) is 5.91 Å². The molecule has 0 aliphatic rings. The Bertz CT molecular complexity index is 1570. The summed E-state index contributed by atoms with van der Waals surface area (Å²) in [7, 11) is 1.57. The molecule has 500 valence electrons. The summed E-state index contributed by atoms with van der Waals surface area (Å²) >= 11 is 0. The number of nitrogens with one attached hydrogen (secondary N) is 1. The van der Waals surface area contributed by atoms with Crippen molar-refractivity contribution >= 4 is 13.7 Å². The predicted octanol–water partition coefficient (Wildman–Crippen LogP) is 23.9. The topological polar surface area (TPSA) is 105 Å². The van der Waals surface area contributed by atoms with Crippen molar-refractivity contribution in [3.8, 4) is 0 Å². The molecule has 85 heavy (non-hydrogen) atoms. The number of amides is 1. The number of quaternary nitrogens is 1. The molecule has 0 aromatic rings. The van der Waals surface area contributed by atoms with E-state index in [-0.39, 0.29) is 19.1 Å². The molecule has 0 saturated carbocycles. The minimum absolute atomic E-state index is 0.0569. The van der Waals surface area contributed by atoms with Crippen LogP contribution in [0.15, 0.2) is 60.8 Å². The van der Waals surface area contributed by atoms with Crippen LogP contribution in [0.2, 0.25) is 0 Å². The zero-order chi connectivity index (χ0) is 61.9. The van der Waals surface area contributed by atoms with Gasteiger partial charge in [-0.1, -0.05) is 351 Å². The summed E-state index contributed by atoms with van der Waals surface area (Å²) in [6.07, 6.45) is 92.5. The normalized spacial score (nSPS) is 13.9. The molecule has 0 aliphatic carbocycles. The summed E-state index contributed by atoms with van der Waals surface area (Å²) in [4.78, 5) is 23.4. The third-order valence-corrected chi connectivity index (χ3v) is 17.9. The minimum Gasteiger partial charge on any atom is -0.387 e. The van der Waals surface area contributed by atoms with Gasteiger partial charge in [0, 0.05) is 6.42 Å². The van der Waals surface area contributed by atoms with Gasteiger partial charge >= 0.3 is 7.82 Å². The molecule has 0 spiro atoms. The molecule has 0 heterocycles. The van der Waals surface area contributed by atoms with E-state index in [2.05, 4.69) is 67.8 Å². The highest BCUT2D eigenvalue weighted by atomic mass is 31.2. The third-order valence-electron chi connectivity index (χ3n) is 17.0. The summed E-state index contributed by atoms with van der Waals surface area (Å²) in [6, 6.07) is -0.865. The van der Waals surface area contributed by atoms with E-state index in [1.807, 2.05) is 27.2 Å². The molecule has 0 radical (unpaired) electrons. The molecule has 3 atom stereocenters. The van der Waals surface area contributed by atoms with Crippen molar-refractivity contribution in [1.82, 2.24) is 5.32 Å². The van der Waals surface area contributed by atoms with Crippen molar-refractivity contribution in [3.05, 3.63) is 60.8 Å². The first-order chi connectivity index (χ1) is 41.5. The van der Waals surface area contributed by atoms with E-state index in [4.69, 9.17) is 9.05 Å². The lowest BCUT2D eigenvalue weighted by atomic mass is 10.0. The lowest BCUT2D eigenvalue weighted by molar-refractivity contribution is -0.870. The van der Waals surface area contributed by atoms with Gasteiger partial charge in [0.1, 0.15) is 13.2 Å². The molecule has 8 nitrogen and oxygen atoms in total. The van der Waals surface area contributed by atoms with Crippen LogP contribution in [0.4, 0.5) is 0 Å². The highest BCUT2D eigenvalue weighted by Crippen LogP contribution is 2.43. The Kier molecular flexibility index (Phi) is 65.2. The average molecular weight is 1210 g/mol. The first-order valence-electron chi connectivity index (χ1n) is 37.2. The third kappa shape index (κ3) is 69.5. The largest absolute Gasteiger partial charge is 0.472 e. The van der Waals surface area contributed by atoms with Crippen molar-refractivity contribution in [2.24, 2.45) is 0 Å². The summed E-state index contributed by atoms with van der Waals surface area (Å²) in [5.41, 5.74) is 0. The van der Waals surface area contributed by atoms with Crippen molar-refractivity contribution in [2.45, 2.75) is 379 Å². The highest BCUT2D eigenvalue weighted by molar-refractivity contribution is 7.47.